The third-order valence-electron chi connectivity index (χ3n) is 3.29. The Labute approximate surface area is 93.9 Å². The van der Waals surface area contributed by atoms with Gasteiger partial charge in [0.25, 0.3) is 0 Å². The average Bonchev–Trinajstić information content (AvgIpc) is 2.74. The van der Waals surface area contributed by atoms with Gasteiger partial charge < -0.3 is 5.32 Å². The van der Waals surface area contributed by atoms with Crippen LogP contribution in [-0.2, 0) is 0 Å². The van der Waals surface area contributed by atoms with Crippen LogP contribution in [-0.4, -0.2) is 26.1 Å². The van der Waals surface area contributed by atoms with Gasteiger partial charge in [0.1, 0.15) is 6.33 Å². The van der Waals surface area contributed by atoms with Crippen LogP contribution in [0.3, 0.4) is 0 Å². The molecule has 3 heterocycles. The summed E-state index contributed by atoms with van der Waals surface area (Å²) in [5.41, 5.74) is 0.865. The van der Waals surface area contributed by atoms with E-state index in [1.165, 1.54) is 12.8 Å². The average molecular weight is 217 g/mol. The van der Waals surface area contributed by atoms with Crippen LogP contribution in [0.4, 0.5) is 0 Å². The summed E-state index contributed by atoms with van der Waals surface area (Å²) in [6, 6.07) is 2.18. The SMILES string of the molecule is CC1CCCNC1c1nnc2ccncn12. The third-order valence-corrected chi connectivity index (χ3v) is 3.29. The van der Waals surface area contributed by atoms with Crippen molar-refractivity contribution in [3.8, 4) is 0 Å². The molecule has 16 heavy (non-hydrogen) atoms. The normalized spacial score (nSPS) is 26.1. The molecule has 0 aromatic carbocycles. The molecule has 5 heteroatoms. The molecule has 84 valence electrons. The summed E-state index contributed by atoms with van der Waals surface area (Å²) in [6.45, 7) is 3.32. The molecule has 0 aliphatic carbocycles. The molecule has 0 bridgehead atoms. The van der Waals surface area contributed by atoms with Crippen molar-refractivity contribution in [2.24, 2.45) is 5.92 Å². The van der Waals surface area contributed by atoms with E-state index in [-0.39, 0.29) is 0 Å². The number of rotatable bonds is 1. The number of hydrogen-bond donors (Lipinski definition) is 1. The van der Waals surface area contributed by atoms with E-state index in [0.717, 1.165) is 18.0 Å². The van der Waals surface area contributed by atoms with Crippen LogP contribution in [0.15, 0.2) is 18.6 Å². The molecule has 1 aliphatic rings. The molecule has 2 unspecified atom stereocenters. The first-order valence-corrected chi connectivity index (χ1v) is 5.74. The second kappa shape index (κ2) is 3.83. The smallest absolute Gasteiger partial charge is 0.163 e. The lowest BCUT2D eigenvalue weighted by Gasteiger charge is -2.28. The Morgan fingerprint density at radius 1 is 1.44 bits per heavy atom. The largest absolute Gasteiger partial charge is 0.307 e. The van der Waals surface area contributed by atoms with Crippen molar-refractivity contribution in [2.75, 3.05) is 6.54 Å². The molecule has 0 amide bonds. The molecule has 2 atom stereocenters. The first-order chi connectivity index (χ1) is 7.86. The predicted octanol–water partition coefficient (Wildman–Crippen LogP) is 1.18. The van der Waals surface area contributed by atoms with Crippen LogP contribution in [0, 0.1) is 5.92 Å². The molecule has 1 saturated heterocycles. The predicted molar refractivity (Wildman–Crippen MR) is 59.9 cm³/mol. The highest BCUT2D eigenvalue weighted by atomic mass is 15.3. The summed E-state index contributed by atoms with van der Waals surface area (Å²) in [7, 11) is 0. The van der Waals surface area contributed by atoms with Crippen molar-refractivity contribution in [1.82, 2.24) is 24.9 Å². The monoisotopic (exact) mass is 217 g/mol. The maximum Gasteiger partial charge on any atom is 0.163 e. The lowest BCUT2D eigenvalue weighted by Crippen LogP contribution is -2.34. The summed E-state index contributed by atoms with van der Waals surface area (Å²) in [6.07, 6.45) is 6.01. The van der Waals surface area contributed by atoms with E-state index in [4.69, 9.17) is 0 Å². The molecular weight excluding hydrogens is 202 g/mol. The van der Waals surface area contributed by atoms with E-state index in [9.17, 15) is 0 Å². The fraction of sp³-hybridized carbons (Fsp3) is 0.545. The quantitative estimate of drug-likeness (QED) is 0.779. The van der Waals surface area contributed by atoms with Crippen LogP contribution in [0.1, 0.15) is 31.6 Å². The summed E-state index contributed by atoms with van der Waals surface area (Å²) in [5.74, 6) is 1.58. The minimum absolute atomic E-state index is 0.299. The zero-order valence-corrected chi connectivity index (χ0v) is 9.30. The zero-order chi connectivity index (χ0) is 11.0. The molecule has 1 N–H and O–H groups in total. The minimum Gasteiger partial charge on any atom is -0.307 e. The van der Waals surface area contributed by atoms with Crippen molar-refractivity contribution < 1.29 is 0 Å². The van der Waals surface area contributed by atoms with E-state index < -0.39 is 0 Å². The van der Waals surface area contributed by atoms with Crippen molar-refractivity contribution in [3.63, 3.8) is 0 Å². The van der Waals surface area contributed by atoms with Gasteiger partial charge in [0.05, 0.1) is 6.04 Å². The van der Waals surface area contributed by atoms with E-state index in [0.29, 0.717) is 12.0 Å². The Morgan fingerprint density at radius 2 is 2.38 bits per heavy atom. The van der Waals surface area contributed by atoms with Crippen molar-refractivity contribution in [1.29, 1.82) is 0 Å². The zero-order valence-electron chi connectivity index (χ0n) is 9.30. The first kappa shape index (κ1) is 9.72. The van der Waals surface area contributed by atoms with Gasteiger partial charge in [-0.3, -0.25) is 4.40 Å². The molecule has 0 radical (unpaired) electrons. The highest BCUT2D eigenvalue weighted by molar-refractivity contribution is 5.35. The maximum absolute atomic E-state index is 4.28. The van der Waals surface area contributed by atoms with Crippen LogP contribution in [0.25, 0.3) is 5.65 Å². The van der Waals surface area contributed by atoms with E-state index in [1.807, 2.05) is 10.5 Å². The summed E-state index contributed by atoms with van der Waals surface area (Å²) in [5, 5.41) is 12.0. The first-order valence-electron chi connectivity index (χ1n) is 5.74. The molecule has 0 spiro atoms. The van der Waals surface area contributed by atoms with E-state index in [1.54, 1.807) is 12.5 Å². The molecule has 1 fully saturated rings. The summed E-state index contributed by atoms with van der Waals surface area (Å²) in [4.78, 5) is 4.12. The van der Waals surface area contributed by atoms with Crippen molar-refractivity contribution >= 4 is 5.65 Å². The number of fused-ring (bicyclic) bond motifs is 1. The van der Waals surface area contributed by atoms with Gasteiger partial charge in [-0.2, -0.15) is 0 Å². The Kier molecular flexibility index (Phi) is 2.32. The Morgan fingerprint density at radius 3 is 3.25 bits per heavy atom. The molecule has 2 aromatic rings. The van der Waals surface area contributed by atoms with Crippen molar-refractivity contribution in [2.45, 2.75) is 25.8 Å². The molecule has 0 saturated carbocycles. The lowest BCUT2D eigenvalue weighted by molar-refractivity contribution is 0.293. The van der Waals surface area contributed by atoms with Crippen LogP contribution in [0.2, 0.25) is 0 Å². The second-order valence-corrected chi connectivity index (χ2v) is 4.42. The van der Waals surface area contributed by atoms with Crippen molar-refractivity contribution in [3.05, 3.63) is 24.4 Å². The molecule has 2 aromatic heterocycles. The number of hydrogen-bond acceptors (Lipinski definition) is 4. The molecular formula is C11H15N5. The summed E-state index contributed by atoms with van der Waals surface area (Å²) < 4.78 is 1.97. The number of aromatic nitrogens is 4. The van der Waals surface area contributed by atoms with Gasteiger partial charge in [0, 0.05) is 12.3 Å². The highest BCUT2D eigenvalue weighted by Gasteiger charge is 2.26. The number of piperidine rings is 1. The van der Waals surface area contributed by atoms with Gasteiger partial charge >= 0.3 is 0 Å². The lowest BCUT2D eigenvalue weighted by atomic mass is 9.92. The highest BCUT2D eigenvalue weighted by Crippen LogP contribution is 2.27. The number of nitrogens with zero attached hydrogens (tertiary/aromatic N) is 4. The molecule has 5 nitrogen and oxygen atoms in total. The Hall–Kier alpha value is -1.49. The third kappa shape index (κ3) is 1.48. The summed E-state index contributed by atoms with van der Waals surface area (Å²) >= 11 is 0. The van der Waals surface area contributed by atoms with Crippen LogP contribution in [0.5, 0.6) is 0 Å². The second-order valence-electron chi connectivity index (χ2n) is 4.42. The number of nitrogens with one attached hydrogen (secondary N) is 1. The van der Waals surface area contributed by atoms with Gasteiger partial charge in [-0.15, -0.1) is 10.2 Å². The van der Waals surface area contributed by atoms with Gasteiger partial charge in [-0.1, -0.05) is 6.92 Å². The fourth-order valence-corrected chi connectivity index (χ4v) is 2.37. The standard InChI is InChI=1S/C11H15N5/c1-8-3-2-5-13-10(8)11-15-14-9-4-6-12-7-16(9)11/h4,6-8,10,13H,2-3,5H2,1H3. The fourth-order valence-electron chi connectivity index (χ4n) is 2.37. The van der Waals surface area contributed by atoms with Crippen LogP contribution >= 0.6 is 0 Å². The van der Waals surface area contributed by atoms with E-state index >= 15 is 0 Å². The van der Waals surface area contributed by atoms with E-state index in [2.05, 4.69) is 27.4 Å². The topological polar surface area (TPSA) is 55.1 Å². The Balaban J connectivity index is 2.04. The maximum atomic E-state index is 4.28. The molecule has 1 aliphatic heterocycles. The Bertz CT molecular complexity index is 492. The minimum atomic E-state index is 0.299. The molecule has 3 rings (SSSR count). The van der Waals surface area contributed by atoms with Gasteiger partial charge in [0.2, 0.25) is 0 Å². The van der Waals surface area contributed by atoms with Gasteiger partial charge in [-0.25, -0.2) is 4.98 Å². The van der Waals surface area contributed by atoms with Gasteiger partial charge in [-0.05, 0) is 25.3 Å². The van der Waals surface area contributed by atoms with Crippen LogP contribution < -0.4 is 5.32 Å². The van der Waals surface area contributed by atoms with Gasteiger partial charge in [0.15, 0.2) is 11.5 Å².